The van der Waals surface area contributed by atoms with Gasteiger partial charge in [0, 0.05) is 49.4 Å². The van der Waals surface area contributed by atoms with Crippen LogP contribution in [0.4, 0.5) is 5.69 Å². The number of hydrogen-bond donors (Lipinski definition) is 0. The van der Waals surface area contributed by atoms with Crippen molar-refractivity contribution in [3.05, 3.63) is 77.7 Å². The first-order valence-electron chi connectivity index (χ1n) is 11.1. The SMILES string of the molecule is Cc1cc(CN2CCN(CC(=O)N3c4ccccc4SCC3c3ccccc3)CC2)no1. The molecule has 1 fully saturated rings. The fraction of sp³-hybridized carbons (Fsp3) is 0.360. The molecule has 1 saturated heterocycles. The van der Waals surface area contributed by atoms with Gasteiger partial charge in [0.1, 0.15) is 5.76 Å². The highest BCUT2D eigenvalue weighted by atomic mass is 32.2. The van der Waals surface area contributed by atoms with E-state index in [-0.39, 0.29) is 11.9 Å². The van der Waals surface area contributed by atoms with Crippen molar-refractivity contribution in [1.82, 2.24) is 15.0 Å². The topological polar surface area (TPSA) is 52.8 Å². The Morgan fingerprint density at radius 1 is 1.03 bits per heavy atom. The first kappa shape index (κ1) is 21.2. The zero-order valence-corrected chi connectivity index (χ0v) is 19.1. The molecule has 166 valence electrons. The summed E-state index contributed by atoms with van der Waals surface area (Å²) in [5.41, 5.74) is 3.19. The summed E-state index contributed by atoms with van der Waals surface area (Å²) in [5.74, 6) is 1.89. The number of anilines is 1. The van der Waals surface area contributed by atoms with E-state index in [0.717, 1.165) is 55.6 Å². The fourth-order valence-electron chi connectivity index (χ4n) is 4.51. The molecule has 0 N–H and O–H groups in total. The molecule has 1 aromatic heterocycles. The van der Waals surface area contributed by atoms with Crippen LogP contribution < -0.4 is 4.90 Å². The first-order chi connectivity index (χ1) is 15.7. The van der Waals surface area contributed by atoms with E-state index in [1.54, 1.807) is 0 Å². The number of hydrogen-bond acceptors (Lipinski definition) is 6. The molecule has 6 nitrogen and oxygen atoms in total. The van der Waals surface area contributed by atoms with Gasteiger partial charge in [-0.1, -0.05) is 47.6 Å². The van der Waals surface area contributed by atoms with Gasteiger partial charge in [-0.3, -0.25) is 14.6 Å². The van der Waals surface area contributed by atoms with Gasteiger partial charge in [-0.05, 0) is 24.6 Å². The van der Waals surface area contributed by atoms with Crippen molar-refractivity contribution in [1.29, 1.82) is 0 Å². The van der Waals surface area contributed by atoms with Crippen LogP contribution in [-0.2, 0) is 11.3 Å². The predicted octanol–water partition coefficient (Wildman–Crippen LogP) is 3.98. The third-order valence-electron chi connectivity index (χ3n) is 6.17. The molecule has 1 amide bonds. The maximum Gasteiger partial charge on any atom is 0.241 e. The van der Waals surface area contributed by atoms with E-state index in [0.29, 0.717) is 6.54 Å². The molecule has 2 aliphatic heterocycles. The van der Waals surface area contributed by atoms with Gasteiger partial charge in [0.25, 0.3) is 0 Å². The van der Waals surface area contributed by atoms with Crippen molar-refractivity contribution < 1.29 is 9.32 Å². The van der Waals surface area contributed by atoms with E-state index in [4.69, 9.17) is 4.52 Å². The van der Waals surface area contributed by atoms with Crippen LogP contribution in [0.3, 0.4) is 0 Å². The number of piperazine rings is 1. The molecule has 2 aliphatic rings. The lowest BCUT2D eigenvalue weighted by atomic mass is 10.1. The number of fused-ring (bicyclic) bond motifs is 1. The summed E-state index contributed by atoms with van der Waals surface area (Å²) >= 11 is 1.83. The Morgan fingerprint density at radius 2 is 1.75 bits per heavy atom. The number of rotatable bonds is 5. The average molecular weight is 449 g/mol. The summed E-state index contributed by atoms with van der Waals surface area (Å²) in [5, 5.41) is 4.10. The molecule has 32 heavy (non-hydrogen) atoms. The zero-order valence-electron chi connectivity index (χ0n) is 18.3. The Labute approximate surface area is 193 Å². The standard InChI is InChI=1S/C25H28N4O2S/c1-19-15-21(26-31-19)16-27-11-13-28(14-12-27)17-25(30)29-22-9-5-6-10-24(22)32-18-23(29)20-7-3-2-4-8-20/h2-10,15,23H,11-14,16-18H2,1H3. The molecule has 3 aromatic rings. The third kappa shape index (κ3) is 4.60. The van der Waals surface area contributed by atoms with Crippen LogP contribution in [0.5, 0.6) is 0 Å². The summed E-state index contributed by atoms with van der Waals surface area (Å²) in [6.07, 6.45) is 0. The summed E-state index contributed by atoms with van der Waals surface area (Å²) in [4.78, 5) is 21.5. The van der Waals surface area contributed by atoms with Gasteiger partial charge in [0.2, 0.25) is 5.91 Å². The molecule has 3 heterocycles. The highest BCUT2D eigenvalue weighted by Gasteiger charge is 2.33. The molecule has 5 rings (SSSR count). The quantitative estimate of drug-likeness (QED) is 0.589. The highest BCUT2D eigenvalue weighted by molar-refractivity contribution is 7.99. The molecule has 7 heteroatoms. The van der Waals surface area contributed by atoms with Crippen LogP contribution in [0, 0.1) is 6.92 Å². The van der Waals surface area contributed by atoms with Crippen molar-refractivity contribution in [3.63, 3.8) is 0 Å². The number of aromatic nitrogens is 1. The number of benzene rings is 2. The van der Waals surface area contributed by atoms with Gasteiger partial charge in [-0.2, -0.15) is 0 Å². The first-order valence-corrected chi connectivity index (χ1v) is 12.1. The van der Waals surface area contributed by atoms with E-state index in [2.05, 4.69) is 51.4 Å². The van der Waals surface area contributed by atoms with Crippen LogP contribution in [0.15, 0.2) is 70.1 Å². The van der Waals surface area contributed by atoms with Crippen LogP contribution >= 0.6 is 11.8 Å². The smallest absolute Gasteiger partial charge is 0.241 e. The van der Waals surface area contributed by atoms with Crippen LogP contribution in [-0.4, -0.2) is 59.3 Å². The largest absolute Gasteiger partial charge is 0.361 e. The van der Waals surface area contributed by atoms with Crippen LogP contribution in [0.1, 0.15) is 23.1 Å². The maximum atomic E-state index is 13.6. The molecular formula is C25H28N4O2S. The Hall–Kier alpha value is -2.61. The monoisotopic (exact) mass is 448 g/mol. The minimum absolute atomic E-state index is 0.0558. The Bertz CT molecular complexity index is 1060. The molecule has 0 spiro atoms. The summed E-state index contributed by atoms with van der Waals surface area (Å²) in [7, 11) is 0. The number of amides is 1. The van der Waals surface area contributed by atoms with E-state index >= 15 is 0 Å². The van der Waals surface area contributed by atoms with Gasteiger partial charge in [-0.25, -0.2) is 0 Å². The van der Waals surface area contributed by atoms with E-state index in [1.807, 2.05) is 47.9 Å². The molecule has 0 radical (unpaired) electrons. The molecule has 0 aliphatic carbocycles. The van der Waals surface area contributed by atoms with Crippen LogP contribution in [0.25, 0.3) is 0 Å². The zero-order chi connectivity index (χ0) is 21.9. The normalized spacial score (nSPS) is 19.7. The second-order valence-corrected chi connectivity index (χ2v) is 9.51. The summed E-state index contributed by atoms with van der Waals surface area (Å²) in [6, 6.07) is 20.7. The Balaban J connectivity index is 1.27. The minimum atomic E-state index is 0.0558. The van der Waals surface area contributed by atoms with E-state index in [1.165, 1.54) is 10.5 Å². The molecule has 0 saturated carbocycles. The molecular weight excluding hydrogens is 420 g/mol. The van der Waals surface area contributed by atoms with Gasteiger partial charge < -0.3 is 9.42 Å². The van der Waals surface area contributed by atoms with Gasteiger partial charge in [0.15, 0.2) is 0 Å². The van der Waals surface area contributed by atoms with Gasteiger partial charge in [-0.15, -0.1) is 11.8 Å². The van der Waals surface area contributed by atoms with Gasteiger partial charge in [0.05, 0.1) is 24.0 Å². The Kier molecular flexibility index (Phi) is 6.30. The van der Waals surface area contributed by atoms with Crippen molar-refractivity contribution >= 4 is 23.4 Å². The van der Waals surface area contributed by atoms with Crippen LogP contribution in [0.2, 0.25) is 0 Å². The third-order valence-corrected chi connectivity index (χ3v) is 7.31. The van der Waals surface area contributed by atoms with Crippen molar-refractivity contribution in [2.75, 3.05) is 43.4 Å². The lowest BCUT2D eigenvalue weighted by Gasteiger charge is -2.39. The maximum absolute atomic E-state index is 13.6. The summed E-state index contributed by atoms with van der Waals surface area (Å²) < 4.78 is 5.18. The van der Waals surface area contributed by atoms with Crippen molar-refractivity contribution in [2.24, 2.45) is 0 Å². The average Bonchev–Trinajstić information content (AvgIpc) is 3.24. The number of para-hydroxylation sites is 1. The molecule has 0 bridgehead atoms. The number of carbonyl (C=O) groups is 1. The Morgan fingerprint density at radius 3 is 2.50 bits per heavy atom. The molecule has 2 aromatic carbocycles. The van der Waals surface area contributed by atoms with E-state index in [9.17, 15) is 4.79 Å². The summed E-state index contributed by atoms with van der Waals surface area (Å²) in [6.45, 7) is 6.76. The number of aryl methyl sites for hydroxylation is 1. The highest BCUT2D eigenvalue weighted by Crippen LogP contribution is 2.43. The second kappa shape index (κ2) is 9.48. The minimum Gasteiger partial charge on any atom is -0.361 e. The number of thioether (sulfide) groups is 1. The second-order valence-electron chi connectivity index (χ2n) is 8.45. The van der Waals surface area contributed by atoms with Crippen molar-refractivity contribution in [3.8, 4) is 0 Å². The van der Waals surface area contributed by atoms with E-state index < -0.39 is 0 Å². The molecule has 1 unspecified atom stereocenters. The fourth-order valence-corrected chi connectivity index (χ4v) is 5.68. The number of nitrogens with zero attached hydrogens (tertiary/aromatic N) is 4. The van der Waals surface area contributed by atoms with Gasteiger partial charge >= 0.3 is 0 Å². The lowest BCUT2D eigenvalue weighted by Crippen LogP contribution is -2.51. The predicted molar refractivity (Wildman–Crippen MR) is 127 cm³/mol. The lowest BCUT2D eigenvalue weighted by molar-refractivity contribution is -0.120. The number of carbonyl (C=O) groups excluding carboxylic acids is 1. The van der Waals surface area contributed by atoms with Crippen molar-refractivity contribution in [2.45, 2.75) is 24.4 Å². The molecule has 1 atom stereocenters.